The SMILES string of the molecule is CC(C)CC(N)C(=O)NC(CS)C(=O)NCC(=O)NC(CC(N)=O)C(=O)O. The van der Waals surface area contributed by atoms with Crippen molar-refractivity contribution in [1.82, 2.24) is 16.0 Å². The van der Waals surface area contributed by atoms with Crippen molar-refractivity contribution in [3.05, 3.63) is 0 Å². The molecule has 8 N–H and O–H groups in total. The molecule has 0 aromatic rings. The summed E-state index contributed by atoms with van der Waals surface area (Å²) in [5, 5.41) is 15.7. The molecule has 27 heavy (non-hydrogen) atoms. The van der Waals surface area contributed by atoms with Gasteiger partial charge < -0.3 is 32.5 Å². The number of nitrogens with two attached hydrogens (primary N) is 2. The van der Waals surface area contributed by atoms with E-state index in [-0.39, 0.29) is 11.7 Å². The number of aliphatic carboxylic acids is 1. The van der Waals surface area contributed by atoms with E-state index in [1.807, 2.05) is 13.8 Å². The first-order chi connectivity index (χ1) is 12.5. The van der Waals surface area contributed by atoms with E-state index in [1.54, 1.807) is 0 Å². The van der Waals surface area contributed by atoms with Crippen LogP contribution in [0.1, 0.15) is 26.7 Å². The summed E-state index contributed by atoms with van der Waals surface area (Å²) in [6.45, 7) is 3.24. The summed E-state index contributed by atoms with van der Waals surface area (Å²) in [7, 11) is 0. The number of amides is 4. The van der Waals surface area contributed by atoms with Crippen LogP contribution in [-0.4, -0.2) is 65.1 Å². The number of rotatable bonds is 12. The van der Waals surface area contributed by atoms with Gasteiger partial charge in [-0.15, -0.1) is 0 Å². The first-order valence-corrected chi connectivity index (χ1v) is 8.86. The van der Waals surface area contributed by atoms with Crippen molar-refractivity contribution in [2.75, 3.05) is 12.3 Å². The third kappa shape index (κ3) is 10.4. The van der Waals surface area contributed by atoms with Crippen LogP contribution in [0.3, 0.4) is 0 Å². The largest absolute Gasteiger partial charge is 0.480 e. The molecule has 0 rings (SSSR count). The number of carboxylic acid groups (broad SMARTS) is 1. The molecule has 0 saturated carbocycles. The molecule has 0 aliphatic carbocycles. The maximum absolute atomic E-state index is 12.1. The maximum atomic E-state index is 12.1. The topological polar surface area (TPSA) is 194 Å². The normalized spacial score (nSPS) is 14.0. The third-order valence-corrected chi connectivity index (χ3v) is 3.70. The fourth-order valence-electron chi connectivity index (χ4n) is 2.02. The molecular weight excluding hydrogens is 378 g/mol. The van der Waals surface area contributed by atoms with Gasteiger partial charge >= 0.3 is 5.97 Å². The Morgan fingerprint density at radius 3 is 2.07 bits per heavy atom. The highest BCUT2D eigenvalue weighted by atomic mass is 32.1. The summed E-state index contributed by atoms with van der Waals surface area (Å²) in [6, 6.07) is -3.30. The van der Waals surface area contributed by atoms with Crippen LogP contribution < -0.4 is 27.4 Å². The molecule has 0 aliphatic rings. The highest BCUT2D eigenvalue weighted by molar-refractivity contribution is 7.80. The summed E-state index contributed by atoms with van der Waals surface area (Å²) in [5.41, 5.74) is 10.6. The van der Waals surface area contributed by atoms with E-state index in [1.165, 1.54) is 0 Å². The number of primary amides is 1. The van der Waals surface area contributed by atoms with Crippen LogP contribution in [0.4, 0.5) is 0 Å². The summed E-state index contributed by atoms with van der Waals surface area (Å²) < 4.78 is 0. The van der Waals surface area contributed by atoms with Crippen molar-refractivity contribution in [2.24, 2.45) is 17.4 Å². The number of hydrogen-bond donors (Lipinski definition) is 7. The van der Waals surface area contributed by atoms with E-state index in [0.29, 0.717) is 6.42 Å². The van der Waals surface area contributed by atoms with E-state index in [4.69, 9.17) is 16.6 Å². The average Bonchev–Trinajstić information content (AvgIpc) is 2.55. The lowest BCUT2D eigenvalue weighted by molar-refractivity contribution is -0.143. The van der Waals surface area contributed by atoms with E-state index >= 15 is 0 Å². The van der Waals surface area contributed by atoms with Crippen LogP contribution in [0, 0.1) is 5.92 Å². The Morgan fingerprint density at radius 1 is 1.04 bits per heavy atom. The monoisotopic (exact) mass is 405 g/mol. The van der Waals surface area contributed by atoms with E-state index in [0.717, 1.165) is 0 Å². The molecule has 0 aromatic carbocycles. The molecule has 0 aliphatic heterocycles. The fourth-order valence-corrected chi connectivity index (χ4v) is 2.28. The minimum atomic E-state index is -1.50. The minimum Gasteiger partial charge on any atom is -0.480 e. The van der Waals surface area contributed by atoms with Gasteiger partial charge in [-0.25, -0.2) is 4.79 Å². The number of nitrogens with one attached hydrogen (secondary N) is 3. The zero-order chi connectivity index (χ0) is 21.1. The van der Waals surface area contributed by atoms with Gasteiger partial charge in [-0.1, -0.05) is 13.8 Å². The predicted octanol–water partition coefficient (Wildman–Crippen LogP) is -2.66. The Labute approximate surface area is 162 Å². The fraction of sp³-hybridized carbons (Fsp3) is 0.667. The van der Waals surface area contributed by atoms with Crippen molar-refractivity contribution in [3.63, 3.8) is 0 Å². The summed E-state index contributed by atoms with van der Waals surface area (Å²) in [5.74, 6) is -4.22. The quantitative estimate of drug-likeness (QED) is 0.172. The van der Waals surface area contributed by atoms with E-state index in [9.17, 15) is 24.0 Å². The molecule has 0 saturated heterocycles. The number of carbonyl (C=O) groups is 5. The Kier molecular flexibility index (Phi) is 11.1. The number of thiol groups is 1. The first kappa shape index (κ1) is 24.7. The second kappa shape index (κ2) is 12.1. The molecule has 0 aromatic heterocycles. The molecule has 0 radical (unpaired) electrons. The smallest absolute Gasteiger partial charge is 0.326 e. The number of hydrogen-bond acceptors (Lipinski definition) is 7. The van der Waals surface area contributed by atoms with Crippen LogP contribution in [0.25, 0.3) is 0 Å². The second-order valence-corrected chi connectivity index (χ2v) is 6.69. The molecule has 154 valence electrons. The Morgan fingerprint density at radius 2 is 1.63 bits per heavy atom. The van der Waals surface area contributed by atoms with Gasteiger partial charge in [0.05, 0.1) is 19.0 Å². The Bertz CT molecular complexity index is 571. The Balaban J connectivity index is 4.58. The molecule has 0 heterocycles. The minimum absolute atomic E-state index is 0.0347. The molecule has 0 spiro atoms. The summed E-state index contributed by atoms with van der Waals surface area (Å²) >= 11 is 3.99. The van der Waals surface area contributed by atoms with Gasteiger partial charge in [-0.3, -0.25) is 19.2 Å². The first-order valence-electron chi connectivity index (χ1n) is 8.22. The van der Waals surface area contributed by atoms with Crippen LogP contribution >= 0.6 is 12.6 Å². The summed E-state index contributed by atoms with van der Waals surface area (Å²) in [6.07, 6.45) is -0.149. The van der Waals surface area contributed by atoms with Gasteiger partial charge in [-0.05, 0) is 12.3 Å². The van der Waals surface area contributed by atoms with Gasteiger partial charge in [0.15, 0.2) is 0 Å². The molecule has 3 unspecified atom stereocenters. The zero-order valence-electron chi connectivity index (χ0n) is 15.2. The van der Waals surface area contributed by atoms with Gasteiger partial charge in [0.2, 0.25) is 23.6 Å². The lowest BCUT2D eigenvalue weighted by Crippen LogP contribution is -2.54. The molecular formula is C15H27N5O6S. The van der Waals surface area contributed by atoms with Crippen molar-refractivity contribution in [3.8, 4) is 0 Å². The summed E-state index contributed by atoms with van der Waals surface area (Å²) in [4.78, 5) is 57.5. The number of carbonyl (C=O) groups excluding carboxylic acids is 4. The second-order valence-electron chi connectivity index (χ2n) is 6.33. The molecule has 0 fully saturated rings. The van der Waals surface area contributed by atoms with Crippen molar-refractivity contribution < 1.29 is 29.1 Å². The van der Waals surface area contributed by atoms with Gasteiger partial charge in [-0.2, -0.15) is 12.6 Å². The molecule has 12 heteroatoms. The van der Waals surface area contributed by atoms with Crippen molar-refractivity contribution >= 4 is 42.2 Å². The lowest BCUT2D eigenvalue weighted by atomic mass is 10.0. The molecule has 4 amide bonds. The van der Waals surface area contributed by atoms with Gasteiger partial charge in [0, 0.05) is 5.75 Å². The lowest BCUT2D eigenvalue weighted by Gasteiger charge is -2.20. The van der Waals surface area contributed by atoms with E-state index in [2.05, 4.69) is 28.6 Å². The third-order valence-electron chi connectivity index (χ3n) is 3.34. The van der Waals surface area contributed by atoms with Gasteiger partial charge in [0.25, 0.3) is 0 Å². The molecule has 3 atom stereocenters. The van der Waals surface area contributed by atoms with Crippen LogP contribution in [0.5, 0.6) is 0 Å². The Hall–Kier alpha value is -2.34. The highest BCUT2D eigenvalue weighted by Crippen LogP contribution is 2.03. The number of carboxylic acids is 1. The van der Waals surface area contributed by atoms with Gasteiger partial charge in [0.1, 0.15) is 12.1 Å². The van der Waals surface area contributed by atoms with E-state index < -0.39 is 60.7 Å². The maximum Gasteiger partial charge on any atom is 0.326 e. The molecule has 11 nitrogen and oxygen atoms in total. The standard InChI is InChI=1S/C15H27N5O6S/c1-7(2)3-8(16)13(23)20-10(6-27)14(24)18-5-12(22)19-9(15(25)26)4-11(17)21/h7-10,27H,3-6,16H2,1-2H3,(H2,17,21)(H,18,24)(H,19,22)(H,20,23)(H,25,26). The zero-order valence-corrected chi connectivity index (χ0v) is 16.1. The van der Waals surface area contributed by atoms with Crippen LogP contribution in [0.15, 0.2) is 0 Å². The van der Waals surface area contributed by atoms with Crippen LogP contribution in [0.2, 0.25) is 0 Å². The average molecular weight is 405 g/mol. The predicted molar refractivity (Wildman–Crippen MR) is 99.6 cm³/mol. The van der Waals surface area contributed by atoms with Crippen molar-refractivity contribution in [2.45, 2.75) is 44.8 Å². The van der Waals surface area contributed by atoms with Crippen LogP contribution in [-0.2, 0) is 24.0 Å². The van der Waals surface area contributed by atoms with Crippen molar-refractivity contribution in [1.29, 1.82) is 0 Å². The highest BCUT2D eigenvalue weighted by Gasteiger charge is 2.25. The molecule has 0 bridgehead atoms.